The van der Waals surface area contributed by atoms with Gasteiger partial charge in [0.05, 0.1) is 16.4 Å². The van der Waals surface area contributed by atoms with Gasteiger partial charge in [0.25, 0.3) is 0 Å². The Bertz CT molecular complexity index is 406. The standard InChI is InChI=1S/C9H11BrClN3O2/c1-9(2,3)16-8(15)13-5-4-12-14-7(11)6(5)10/h4H,1-3H3,(H,13,14,15). The van der Waals surface area contributed by atoms with Crippen LogP contribution >= 0.6 is 27.5 Å². The second-order valence-electron chi connectivity index (χ2n) is 3.99. The first-order valence-corrected chi connectivity index (χ1v) is 5.63. The van der Waals surface area contributed by atoms with E-state index in [0.29, 0.717) is 10.2 Å². The van der Waals surface area contributed by atoms with Crippen LogP contribution in [0.5, 0.6) is 0 Å². The van der Waals surface area contributed by atoms with Crippen molar-refractivity contribution in [3.63, 3.8) is 0 Å². The van der Waals surface area contributed by atoms with Crippen molar-refractivity contribution in [3.05, 3.63) is 15.8 Å². The molecule has 0 spiro atoms. The summed E-state index contributed by atoms with van der Waals surface area (Å²) in [7, 11) is 0. The number of carbonyl (C=O) groups is 1. The summed E-state index contributed by atoms with van der Waals surface area (Å²) in [5.41, 5.74) is -0.143. The van der Waals surface area contributed by atoms with Gasteiger partial charge in [0.2, 0.25) is 0 Å². The molecule has 1 amide bonds. The van der Waals surface area contributed by atoms with Crippen LogP contribution in [-0.4, -0.2) is 21.9 Å². The number of nitrogens with zero attached hydrogens (tertiary/aromatic N) is 2. The molecule has 1 aromatic rings. The van der Waals surface area contributed by atoms with Gasteiger partial charge < -0.3 is 4.74 Å². The number of anilines is 1. The third-order valence-electron chi connectivity index (χ3n) is 1.39. The Morgan fingerprint density at radius 3 is 2.75 bits per heavy atom. The summed E-state index contributed by atoms with van der Waals surface area (Å²) in [6.07, 6.45) is 0.803. The van der Waals surface area contributed by atoms with E-state index in [1.807, 2.05) is 0 Å². The van der Waals surface area contributed by atoms with Crippen LogP contribution in [-0.2, 0) is 4.74 Å². The molecule has 16 heavy (non-hydrogen) atoms. The summed E-state index contributed by atoms with van der Waals surface area (Å²) < 4.78 is 5.54. The summed E-state index contributed by atoms with van der Waals surface area (Å²) in [4.78, 5) is 11.4. The number of hydrogen-bond donors (Lipinski definition) is 1. The maximum Gasteiger partial charge on any atom is 0.412 e. The maximum absolute atomic E-state index is 11.4. The largest absolute Gasteiger partial charge is 0.444 e. The third-order valence-corrected chi connectivity index (χ3v) is 2.68. The van der Waals surface area contributed by atoms with Crippen molar-refractivity contribution in [2.24, 2.45) is 0 Å². The highest BCUT2D eigenvalue weighted by Crippen LogP contribution is 2.27. The van der Waals surface area contributed by atoms with E-state index in [9.17, 15) is 4.79 Å². The molecule has 0 unspecified atom stereocenters. The number of hydrogen-bond acceptors (Lipinski definition) is 4. The predicted molar refractivity (Wildman–Crippen MR) is 64.6 cm³/mol. The maximum atomic E-state index is 11.4. The Morgan fingerprint density at radius 2 is 2.19 bits per heavy atom. The first-order chi connectivity index (χ1) is 7.29. The molecule has 0 aliphatic heterocycles. The molecule has 1 rings (SSSR count). The fourth-order valence-electron chi connectivity index (χ4n) is 0.850. The van der Waals surface area contributed by atoms with E-state index in [1.165, 1.54) is 6.20 Å². The zero-order valence-electron chi connectivity index (χ0n) is 9.04. The molecule has 0 fully saturated rings. The topological polar surface area (TPSA) is 64.1 Å². The van der Waals surface area contributed by atoms with Crippen molar-refractivity contribution in [1.29, 1.82) is 0 Å². The fraction of sp³-hybridized carbons (Fsp3) is 0.444. The average molecular weight is 309 g/mol. The summed E-state index contributed by atoms with van der Waals surface area (Å²) in [5, 5.41) is 9.90. The molecule has 0 radical (unpaired) electrons. The van der Waals surface area contributed by atoms with Crippen LogP contribution < -0.4 is 5.32 Å². The fourth-order valence-corrected chi connectivity index (χ4v) is 1.28. The molecule has 0 saturated heterocycles. The highest BCUT2D eigenvalue weighted by atomic mass is 79.9. The van der Waals surface area contributed by atoms with Gasteiger partial charge in [-0.15, -0.1) is 5.10 Å². The zero-order valence-corrected chi connectivity index (χ0v) is 11.4. The van der Waals surface area contributed by atoms with E-state index < -0.39 is 11.7 Å². The van der Waals surface area contributed by atoms with Crippen molar-refractivity contribution in [2.75, 3.05) is 5.32 Å². The second kappa shape index (κ2) is 4.97. The number of amides is 1. The Morgan fingerprint density at radius 1 is 1.56 bits per heavy atom. The van der Waals surface area contributed by atoms with Gasteiger partial charge in [-0.05, 0) is 36.7 Å². The van der Waals surface area contributed by atoms with Gasteiger partial charge in [-0.2, -0.15) is 5.10 Å². The van der Waals surface area contributed by atoms with Crippen LogP contribution in [0.4, 0.5) is 10.5 Å². The lowest BCUT2D eigenvalue weighted by molar-refractivity contribution is 0.0636. The summed E-state index contributed by atoms with van der Waals surface area (Å²) in [6.45, 7) is 5.33. The predicted octanol–water partition coefficient (Wildman–Crippen LogP) is 3.24. The number of rotatable bonds is 1. The minimum atomic E-state index is -0.572. The monoisotopic (exact) mass is 307 g/mol. The minimum Gasteiger partial charge on any atom is -0.444 e. The van der Waals surface area contributed by atoms with Crippen molar-refractivity contribution >= 4 is 39.3 Å². The number of nitrogens with one attached hydrogen (secondary N) is 1. The molecule has 0 aromatic carbocycles. The summed E-state index contributed by atoms with van der Waals surface area (Å²) in [5.74, 6) is 0. The number of ether oxygens (including phenoxy) is 1. The quantitative estimate of drug-likeness (QED) is 0.865. The number of carbonyl (C=O) groups excluding carboxylic acids is 1. The van der Waals surface area contributed by atoms with Gasteiger partial charge in [-0.3, -0.25) is 5.32 Å². The van der Waals surface area contributed by atoms with Gasteiger partial charge in [-0.1, -0.05) is 11.6 Å². The molecule has 1 N–H and O–H groups in total. The van der Waals surface area contributed by atoms with Crippen LogP contribution in [0.15, 0.2) is 10.7 Å². The SMILES string of the molecule is CC(C)(C)OC(=O)Nc1cnnc(Cl)c1Br. The normalized spacial score (nSPS) is 11.1. The molecule has 0 aliphatic carbocycles. The zero-order chi connectivity index (χ0) is 12.3. The lowest BCUT2D eigenvalue weighted by Crippen LogP contribution is -2.27. The van der Waals surface area contributed by atoms with Crippen molar-refractivity contribution in [1.82, 2.24) is 10.2 Å². The lowest BCUT2D eigenvalue weighted by Gasteiger charge is -2.19. The van der Waals surface area contributed by atoms with Gasteiger partial charge in [-0.25, -0.2) is 4.79 Å². The van der Waals surface area contributed by atoms with Gasteiger partial charge in [0.15, 0.2) is 5.15 Å². The Hall–Kier alpha value is -0.880. The Kier molecular flexibility index (Phi) is 4.09. The van der Waals surface area contributed by atoms with Crippen LogP contribution in [0, 0.1) is 0 Å². The van der Waals surface area contributed by atoms with Crippen molar-refractivity contribution in [3.8, 4) is 0 Å². The van der Waals surface area contributed by atoms with E-state index >= 15 is 0 Å². The van der Waals surface area contributed by atoms with E-state index in [-0.39, 0.29) is 5.15 Å². The van der Waals surface area contributed by atoms with Crippen molar-refractivity contribution < 1.29 is 9.53 Å². The molecule has 7 heteroatoms. The van der Waals surface area contributed by atoms with Crippen LogP contribution in [0.25, 0.3) is 0 Å². The van der Waals surface area contributed by atoms with Gasteiger partial charge in [0.1, 0.15) is 5.60 Å². The molecular formula is C9H11BrClN3O2. The van der Waals surface area contributed by atoms with E-state index in [2.05, 4.69) is 31.4 Å². The smallest absolute Gasteiger partial charge is 0.412 e. The van der Waals surface area contributed by atoms with Crippen molar-refractivity contribution in [2.45, 2.75) is 26.4 Å². The summed E-state index contributed by atoms with van der Waals surface area (Å²) in [6, 6.07) is 0. The Balaban J connectivity index is 2.74. The molecule has 5 nitrogen and oxygen atoms in total. The second-order valence-corrected chi connectivity index (χ2v) is 5.14. The van der Waals surface area contributed by atoms with E-state index in [0.717, 1.165) is 0 Å². The molecule has 88 valence electrons. The Labute approximate surface area is 107 Å². The van der Waals surface area contributed by atoms with Crippen LogP contribution in [0.3, 0.4) is 0 Å². The molecule has 1 aromatic heterocycles. The molecule has 0 bridgehead atoms. The first kappa shape index (κ1) is 13.2. The average Bonchev–Trinajstić information content (AvgIpc) is 2.09. The first-order valence-electron chi connectivity index (χ1n) is 4.46. The van der Waals surface area contributed by atoms with Gasteiger partial charge >= 0.3 is 6.09 Å². The van der Waals surface area contributed by atoms with E-state index in [1.54, 1.807) is 20.8 Å². The van der Waals surface area contributed by atoms with E-state index in [4.69, 9.17) is 16.3 Å². The van der Waals surface area contributed by atoms with Gasteiger partial charge in [0, 0.05) is 0 Å². The number of halogens is 2. The molecular weight excluding hydrogens is 297 g/mol. The minimum absolute atomic E-state index is 0.175. The van der Waals surface area contributed by atoms with Crippen LogP contribution in [0.1, 0.15) is 20.8 Å². The van der Waals surface area contributed by atoms with Crippen LogP contribution in [0.2, 0.25) is 5.15 Å². The number of aromatic nitrogens is 2. The highest BCUT2D eigenvalue weighted by Gasteiger charge is 2.17. The molecule has 1 heterocycles. The highest BCUT2D eigenvalue weighted by molar-refractivity contribution is 9.10. The molecule has 0 atom stereocenters. The lowest BCUT2D eigenvalue weighted by atomic mass is 10.2. The summed E-state index contributed by atoms with van der Waals surface area (Å²) >= 11 is 8.90. The molecule has 0 aliphatic rings. The third kappa shape index (κ3) is 3.94. The molecule has 0 saturated carbocycles.